The molecule has 1 saturated carbocycles. The Kier molecular flexibility index (Phi) is 5.56. The Hall–Kier alpha value is -1.56. The molecule has 9 heteroatoms. The molecule has 5 rings (SSSR count). The number of allylic oxidation sites excluding steroid dienone is 3. The van der Waals surface area contributed by atoms with Gasteiger partial charge in [-0.3, -0.25) is 4.79 Å². The van der Waals surface area contributed by atoms with Crippen LogP contribution in [0.4, 0.5) is 0 Å². The van der Waals surface area contributed by atoms with Gasteiger partial charge in [0, 0.05) is 17.8 Å². The van der Waals surface area contributed by atoms with Gasteiger partial charge in [-0.15, -0.1) is 0 Å². The molecular weight excluding hydrogens is 559 g/mol. The van der Waals surface area contributed by atoms with Crippen LogP contribution in [0.1, 0.15) is 32.8 Å². The number of hydrogen-bond donors (Lipinski definition) is 0. The quantitative estimate of drug-likeness (QED) is 0.163. The Bertz CT molecular complexity index is 1210. The van der Waals surface area contributed by atoms with E-state index in [0.29, 0.717) is 15.6 Å². The number of halogens is 1. The summed E-state index contributed by atoms with van der Waals surface area (Å²) >= 11 is 2.01. The van der Waals surface area contributed by atoms with Crippen LogP contribution in [-0.2, 0) is 33.4 Å². The van der Waals surface area contributed by atoms with Crippen LogP contribution in [0, 0.1) is 29.1 Å². The molecule has 0 amide bonds. The molecule has 0 aliphatic heterocycles. The molecule has 1 aromatic carbocycles. The van der Waals surface area contributed by atoms with Crippen LogP contribution < -0.4 is 0 Å². The van der Waals surface area contributed by atoms with Crippen molar-refractivity contribution in [1.82, 2.24) is 0 Å². The van der Waals surface area contributed by atoms with Crippen molar-refractivity contribution in [3.05, 3.63) is 50.8 Å². The van der Waals surface area contributed by atoms with Gasteiger partial charge in [-0.05, 0) is 73.4 Å². The molecule has 1 aromatic rings. The van der Waals surface area contributed by atoms with Crippen LogP contribution >= 0.6 is 22.6 Å². The molecule has 4 aliphatic carbocycles. The van der Waals surface area contributed by atoms with E-state index in [9.17, 15) is 18.0 Å². The summed E-state index contributed by atoms with van der Waals surface area (Å²) in [6.07, 6.45) is 3.23. The van der Waals surface area contributed by atoms with E-state index in [1.165, 1.54) is 26.4 Å². The average molecular weight is 586 g/mol. The van der Waals surface area contributed by atoms with Crippen LogP contribution in [0.5, 0.6) is 0 Å². The normalized spacial score (nSPS) is 34.8. The van der Waals surface area contributed by atoms with Gasteiger partial charge in [0.2, 0.25) is 11.6 Å². The molecule has 178 valence electrons. The monoisotopic (exact) mass is 586 g/mol. The Balaban J connectivity index is 2.07. The second-order valence-corrected chi connectivity index (χ2v) is 12.0. The zero-order valence-corrected chi connectivity index (χ0v) is 22.4. The Morgan fingerprint density at radius 3 is 2.21 bits per heavy atom. The minimum atomic E-state index is -4.28. The van der Waals surface area contributed by atoms with E-state index in [-0.39, 0.29) is 22.4 Å². The minimum Gasteiger partial charge on any atom is -0.382 e. The molecule has 1 spiro atoms. The van der Waals surface area contributed by atoms with E-state index in [0.717, 1.165) is 11.8 Å². The summed E-state index contributed by atoms with van der Waals surface area (Å²) < 4.78 is 44.6. The maximum absolute atomic E-state index is 14.2. The highest BCUT2D eigenvalue weighted by Crippen LogP contribution is 2.76. The smallest absolute Gasteiger partial charge is 0.338 e. The maximum atomic E-state index is 14.2. The zero-order chi connectivity index (χ0) is 24.6. The number of carbonyl (C=O) groups is 2. The Morgan fingerprint density at radius 1 is 1.12 bits per heavy atom. The second kappa shape index (κ2) is 7.47. The number of aryl methyl sites for hydroxylation is 1. The fourth-order valence-electron chi connectivity index (χ4n) is 6.02. The van der Waals surface area contributed by atoms with Crippen molar-refractivity contribution in [3.63, 3.8) is 0 Å². The van der Waals surface area contributed by atoms with Gasteiger partial charge < -0.3 is 18.5 Å². The molecule has 3 unspecified atom stereocenters. The lowest BCUT2D eigenvalue weighted by Crippen LogP contribution is -2.76. The number of fused-ring (bicyclic) bond motifs is 1. The number of Topliss-reactive ketones (excluding diaryl/α,β-unsaturated/α-hetero) is 1. The molecule has 1 fully saturated rings. The van der Waals surface area contributed by atoms with Crippen molar-refractivity contribution in [2.45, 2.75) is 44.8 Å². The number of benzene rings is 1. The number of ether oxygens (including phenoxy) is 2. The lowest BCUT2D eigenvalue weighted by Gasteiger charge is -2.65. The molecule has 0 N–H and O–H groups in total. The highest BCUT2D eigenvalue weighted by molar-refractivity contribution is 14.1. The highest BCUT2D eigenvalue weighted by Gasteiger charge is 2.83. The van der Waals surface area contributed by atoms with Crippen LogP contribution in [0.25, 0.3) is 0 Å². The van der Waals surface area contributed by atoms with Crippen LogP contribution in [0.3, 0.4) is 0 Å². The van der Waals surface area contributed by atoms with Crippen LogP contribution in [0.15, 0.2) is 50.1 Å². The van der Waals surface area contributed by atoms with Gasteiger partial charge in [0.1, 0.15) is 22.4 Å². The van der Waals surface area contributed by atoms with E-state index in [1.807, 2.05) is 42.5 Å². The third kappa shape index (κ3) is 2.59. The molecule has 7 nitrogen and oxygen atoms in total. The summed E-state index contributed by atoms with van der Waals surface area (Å²) in [4.78, 5) is 26.9. The maximum Gasteiger partial charge on any atom is 0.338 e. The van der Waals surface area contributed by atoms with Gasteiger partial charge in [0.15, 0.2) is 0 Å². The summed E-state index contributed by atoms with van der Waals surface area (Å²) in [5, 5.41) is 0. The summed E-state index contributed by atoms with van der Waals surface area (Å²) in [5.74, 6) is -2.51. The molecule has 0 heterocycles. The van der Waals surface area contributed by atoms with Gasteiger partial charge in [-0.2, -0.15) is 8.42 Å². The first-order valence-electron chi connectivity index (χ1n) is 10.6. The zero-order valence-electron chi connectivity index (χ0n) is 19.4. The number of aldehydes is 1. The summed E-state index contributed by atoms with van der Waals surface area (Å²) in [6, 6.07) is 6.29. The number of ketones is 1. The molecule has 33 heavy (non-hydrogen) atoms. The number of methoxy groups -OCH3 is 2. The van der Waals surface area contributed by atoms with Gasteiger partial charge in [0.05, 0.1) is 10.8 Å². The fraction of sp³-hybridized carbons (Fsp3) is 0.500. The largest absolute Gasteiger partial charge is 0.382 e. The lowest BCUT2D eigenvalue weighted by atomic mass is 9.40. The SMILES string of the molecule is COC1(OC)C(=O)C23C(=CC[C@@H]2C)C(C)(C=O)C1(C)C(OS(=O)(=O)c1ccc(C)cc1)=C3I. The number of carbonyl (C=O) groups excluding carboxylic acids is 2. The third-order valence-corrected chi connectivity index (χ3v) is 10.6. The van der Waals surface area contributed by atoms with Crippen molar-refractivity contribution in [1.29, 1.82) is 0 Å². The van der Waals surface area contributed by atoms with Crippen molar-refractivity contribution in [3.8, 4) is 0 Å². The van der Waals surface area contributed by atoms with E-state index in [1.54, 1.807) is 26.0 Å². The average Bonchev–Trinajstić information content (AvgIpc) is 3.14. The molecule has 0 saturated heterocycles. The number of hydrogen-bond acceptors (Lipinski definition) is 7. The summed E-state index contributed by atoms with van der Waals surface area (Å²) in [6.45, 7) is 7.06. The standard InChI is InChI=1S/C24H27IO7S/c1-14-7-10-16(11-8-14)33(28,29)32-19-18(25)23-15(2)9-12-17(23)21(3,13-26)22(19,4)24(30-5,31-6)20(23)27/h7-8,10-13,15H,9H2,1-6H3/t15-,21?,22?,23?/m0/s1. The third-order valence-electron chi connectivity index (χ3n) is 8.07. The molecular formula is C24H27IO7S. The van der Waals surface area contributed by atoms with E-state index in [4.69, 9.17) is 13.7 Å². The first kappa shape index (κ1) is 24.6. The van der Waals surface area contributed by atoms with E-state index >= 15 is 0 Å². The Morgan fingerprint density at radius 2 is 1.70 bits per heavy atom. The van der Waals surface area contributed by atoms with Crippen molar-refractivity contribution in [2.24, 2.45) is 22.2 Å². The first-order valence-corrected chi connectivity index (χ1v) is 13.1. The molecule has 0 radical (unpaired) electrons. The number of rotatable bonds is 6. The topological polar surface area (TPSA) is 96.0 Å². The highest BCUT2D eigenvalue weighted by atomic mass is 127. The lowest BCUT2D eigenvalue weighted by molar-refractivity contribution is -0.287. The van der Waals surface area contributed by atoms with E-state index in [2.05, 4.69) is 0 Å². The van der Waals surface area contributed by atoms with Gasteiger partial charge >= 0.3 is 10.1 Å². The first-order chi connectivity index (χ1) is 15.3. The minimum absolute atomic E-state index is 0.00692. The van der Waals surface area contributed by atoms with Crippen molar-refractivity contribution in [2.75, 3.05) is 14.2 Å². The van der Waals surface area contributed by atoms with Crippen LogP contribution in [-0.4, -0.2) is 40.5 Å². The van der Waals surface area contributed by atoms with E-state index < -0.39 is 32.2 Å². The molecule has 0 aromatic heterocycles. The fourth-order valence-corrected chi connectivity index (χ4v) is 8.92. The molecule has 2 bridgehead atoms. The summed E-state index contributed by atoms with van der Waals surface area (Å²) in [5.41, 5.74) is -2.63. The predicted molar refractivity (Wildman–Crippen MR) is 129 cm³/mol. The Labute approximate surface area is 207 Å². The van der Waals surface area contributed by atoms with Crippen LogP contribution in [0.2, 0.25) is 0 Å². The van der Waals surface area contributed by atoms with Gasteiger partial charge in [-0.25, -0.2) is 0 Å². The van der Waals surface area contributed by atoms with Gasteiger partial charge in [0.25, 0.3) is 0 Å². The van der Waals surface area contributed by atoms with Gasteiger partial charge in [-0.1, -0.05) is 30.7 Å². The summed E-state index contributed by atoms with van der Waals surface area (Å²) in [7, 11) is -1.62. The molecule has 4 aliphatic rings. The second-order valence-electron chi connectivity index (χ2n) is 9.36. The molecule has 4 atom stereocenters. The van der Waals surface area contributed by atoms with Crippen molar-refractivity contribution < 1.29 is 31.7 Å². The van der Waals surface area contributed by atoms with Crippen molar-refractivity contribution >= 4 is 44.8 Å². The predicted octanol–water partition coefficient (Wildman–Crippen LogP) is 4.10.